The lowest BCUT2D eigenvalue weighted by molar-refractivity contribution is 0.402. The summed E-state index contributed by atoms with van der Waals surface area (Å²) in [5.41, 5.74) is 1.89. The second-order valence-electron chi connectivity index (χ2n) is 5.72. The molecule has 5 N–H and O–H groups in total. The van der Waals surface area contributed by atoms with Crippen LogP contribution in [0.25, 0.3) is 0 Å². The fourth-order valence-electron chi connectivity index (χ4n) is 3.12. The van der Waals surface area contributed by atoms with Gasteiger partial charge in [-0.3, -0.25) is 0 Å². The Kier molecular flexibility index (Phi) is 6.01. The van der Waals surface area contributed by atoms with E-state index >= 15 is 0 Å². The zero-order valence-corrected chi connectivity index (χ0v) is 16.4. The molecule has 2 aromatic rings. The smallest absolute Gasteiger partial charge is 0.238 e. The van der Waals surface area contributed by atoms with Crippen LogP contribution in [0.2, 0.25) is 5.02 Å². The van der Waals surface area contributed by atoms with Gasteiger partial charge in [-0.25, -0.2) is 13.6 Å². The minimum absolute atomic E-state index is 0. The fraction of sp³-hybridized carbons (Fsp3) is 0.250. The van der Waals surface area contributed by atoms with Gasteiger partial charge >= 0.3 is 0 Å². The highest BCUT2D eigenvalue weighted by atomic mass is 79.9. The number of sulfonamides is 1. The normalized spacial score (nSPS) is 17.3. The highest BCUT2D eigenvalue weighted by molar-refractivity contribution is 8.93. The summed E-state index contributed by atoms with van der Waals surface area (Å²) < 4.78 is 23.8. The van der Waals surface area contributed by atoms with Crippen LogP contribution in [0, 0.1) is 0 Å². The average Bonchev–Trinajstić information content (AvgIpc) is 2.74. The number of rotatable bonds is 2. The molecule has 2 aromatic carbocycles. The maximum absolute atomic E-state index is 11.9. The number of aromatic hydroxyl groups is 2. The lowest BCUT2D eigenvalue weighted by Crippen LogP contribution is -2.23. The molecule has 0 aliphatic carbocycles. The zero-order valence-electron chi connectivity index (χ0n) is 13.1. The summed E-state index contributed by atoms with van der Waals surface area (Å²) in [5.74, 6) is -1.07. The summed E-state index contributed by atoms with van der Waals surface area (Å²) in [7, 11) is -3.90. The van der Waals surface area contributed by atoms with Crippen molar-refractivity contribution >= 4 is 38.6 Å². The minimum Gasteiger partial charge on any atom is -0.504 e. The molecule has 25 heavy (non-hydrogen) atoms. The van der Waals surface area contributed by atoms with Crippen molar-refractivity contribution in [3.63, 3.8) is 0 Å². The Morgan fingerprint density at radius 2 is 1.88 bits per heavy atom. The van der Waals surface area contributed by atoms with Gasteiger partial charge in [0.2, 0.25) is 10.0 Å². The topological polar surface area (TPSA) is 113 Å². The Labute approximate surface area is 161 Å². The molecule has 6 nitrogen and oxygen atoms in total. The average molecular weight is 450 g/mol. The van der Waals surface area contributed by atoms with Crippen LogP contribution in [-0.2, 0) is 16.4 Å². The van der Waals surface area contributed by atoms with E-state index in [1.54, 1.807) is 18.2 Å². The molecule has 0 saturated heterocycles. The molecule has 1 aliphatic rings. The van der Waals surface area contributed by atoms with Crippen LogP contribution in [0.4, 0.5) is 0 Å². The van der Waals surface area contributed by atoms with E-state index in [2.05, 4.69) is 5.32 Å². The molecule has 0 aromatic heterocycles. The third-order valence-electron chi connectivity index (χ3n) is 4.23. The number of phenols is 2. The number of primary sulfonamides is 1. The van der Waals surface area contributed by atoms with Crippen LogP contribution in [0.15, 0.2) is 35.2 Å². The predicted octanol–water partition coefficient (Wildman–Crippen LogP) is 2.25. The second kappa shape index (κ2) is 7.51. The Balaban J connectivity index is 0.00000225. The Bertz CT molecular complexity index is 905. The molecule has 9 heteroatoms. The van der Waals surface area contributed by atoms with Gasteiger partial charge in [-0.15, -0.1) is 17.0 Å². The summed E-state index contributed by atoms with van der Waals surface area (Å²) in [6.45, 7) is 1.07. The van der Waals surface area contributed by atoms with Crippen molar-refractivity contribution in [3.05, 3.63) is 52.0 Å². The van der Waals surface area contributed by atoms with E-state index in [0.29, 0.717) is 36.2 Å². The molecule has 1 unspecified atom stereocenters. The largest absolute Gasteiger partial charge is 0.504 e. The number of fused-ring (bicyclic) bond motifs is 1. The molecular weight excluding hydrogens is 432 g/mol. The van der Waals surface area contributed by atoms with Crippen molar-refractivity contribution in [3.8, 4) is 11.5 Å². The molecule has 1 heterocycles. The summed E-state index contributed by atoms with van der Waals surface area (Å²) in [4.78, 5) is 0.0355. The molecule has 1 aliphatic heterocycles. The van der Waals surface area contributed by atoms with Gasteiger partial charge in [0.15, 0.2) is 11.5 Å². The van der Waals surface area contributed by atoms with E-state index in [4.69, 9.17) is 16.7 Å². The second-order valence-corrected chi connectivity index (χ2v) is 7.62. The van der Waals surface area contributed by atoms with Crippen LogP contribution in [0.5, 0.6) is 11.5 Å². The number of phenolic OH excluding ortho intramolecular Hbond substituents is 2. The van der Waals surface area contributed by atoms with Gasteiger partial charge in [-0.1, -0.05) is 29.8 Å². The first-order valence-corrected chi connectivity index (χ1v) is 9.28. The van der Waals surface area contributed by atoms with Crippen molar-refractivity contribution in [1.82, 2.24) is 5.32 Å². The van der Waals surface area contributed by atoms with Crippen LogP contribution in [-0.4, -0.2) is 31.7 Å². The summed E-state index contributed by atoms with van der Waals surface area (Å²) >= 11 is 6.19. The Hall–Kier alpha value is -1.32. The van der Waals surface area contributed by atoms with Gasteiger partial charge in [0.05, 0.1) is 9.92 Å². The molecule has 0 bridgehead atoms. The van der Waals surface area contributed by atoms with Gasteiger partial charge in [0.25, 0.3) is 0 Å². The fourth-order valence-corrected chi connectivity index (χ4v) is 4.23. The van der Waals surface area contributed by atoms with Crippen LogP contribution < -0.4 is 10.5 Å². The minimum atomic E-state index is -3.90. The number of nitrogens with one attached hydrogen (secondary N) is 1. The van der Waals surface area contributed by atoms with E-state index in [-0.39, 0.29) is 44.3 Å². The molecular formula is C16H18BrClN2O4S. The molecule has 0 radical (unpaired) electrons. The third kappa shape index (κ3) is 3.78. The molecule has 0 saturated carbocycles. The van der Waals surface area contributed by atoms with E-state index in [0.717, 1.165) is 0 Å². The zero-order chi connectivity index (χ0) is 17.5. The molecule has 3 rings (SSSR count). The van der Waals surface area contributed by atoms with Gasteiger partial charge in [0.1, 0.15) is 0 Å². The van der Waals surface area contributed by atoms with Crippen molar-refractivity contribution in [2.24, 2.45) is 5.14 Å². The SMILES string of the molecule is Br.NS(=O)(=O)c1ccccc1C1CNCCc2c1cc(O)c(O)c2Cl. The van der Waals surface area contributed by atoms with Gasteiger partial charge in [0, 0.05) is 12.5 Å². The molecule has 0 fully saturated rings. The van der Waals surface area contributed by atoms with Crippen LogP contribution in [0.3, 0.4) is 0 Å². The number of hydrogen-bond acceptors (Lipinski definition) is 5. The first-order valence-electron chi connectivity index (χ1n) is 7.36. The maximum Gasteiger partial charge on any atom is 0.238 e. The number of nitrogens with two attached hydrogens (primary N) is 1. The van der Waals surface area contributed by atoms with Crippen LogP contribution >= 0.6 is 28.6 Å². The van der Waals surface area contributed by atoms with Crippen molar-refractivity contribution < 1.29 is 18.6 Å². The quantitative estimate of drug-likeness (QED) is 0.525. The van der Waals surface area contributed by atoms with Crippen molar-refractivity contribution in [1.29, 1.82) is 0 Å². The lowest BCUT2D eigenvalue weighted by atomic mass is 9.87. The highest BCUT2D eigenvalue weighted by Gasteiger charge is 2.28. The van der Waals surface area contributed by atoms with Gasteiger partial charge < -0.3 is 15.5 Å². The lowest BCUT2D eigenvalue weighted by Gasteiger charge is -2.21. The van der Waals surface area contributed by atoms with Gasteiger partial charge in [-0.05, 0) is 41.8 Å². The van der Waals surface area contributed by atoms with Crippen molar-refractivity contribution in [2.45, 2.75) is 17.2 Å². The van der Waals surface area contributed by atoms with Crippen LogP contribution in [0.1, 0.15) is 22.6 Å². The first-order chi connectivity index (χ1) is 11.3. The maximum atomic E-state index is 11.9. The predicted molar refractivity (Wildman–Crippen MR) is 101 cm³/mol. The highest BCUT2D eigenvalue weighted by Crippen LogP contribution is 2.43. The Morgan fingerprint density at radius 3 is 2.56 bits per heavy atom. The van der Waals surface area contributed by atoms with E-state index in [1.807, 2.05) is 0 Å². The molecule has 136 valence electrons. The third-order valence-corrected chi connectivity index (χ3v) is 5.62. The summed E-state index contributed by atoms with van der Waals surface area (Å²) in [6, 6.07) is 7.93. The molecule has 1 atom stereocenters. The van der Waals surface area contributed by atoms with E-state index in [1.165, 1.54) is 12.1 Å². The van der Waals surface area contributed by atoms with Crippen molar-refractivity contribution in [2.75, 3.05) is 13.1 Å². The van der Waals surface area contributed by atoms with Gasteiger partial charge in [-0.2, -0.15) is 0 Å². The number of benzene rings is 2. The standard InChI is InChI=1S/C16H17ClN2O4S.BrH/c17-15-10-5-6-19-8-12(11(10)7-13(20)16(15)21)9-3-1-2-4-14(9)24(18,22)23;/h1-4,7,12,19-21H,5-6,8H2,(H2,18,22,23);1H. The molecule has 0 spiro atoms. The Morgan fingerprint density at radius 1 is 1.20 bits per heavy atom. The first kappa shape index (κ1) is 20.0. The monoisotopic (exact) mass is 448 g/mol. The summed E-state index contributed by atoms with van der Waals surface area (Å²) in [6.07, 6.45) is 0.552. The number of halogens is 2. The number of hydrogen-bond donors (Lipinski definition) is 4. The summed E-state index contributed by atoms with van der Waals surface area (Å²) in [5, 5.41) is 28.5. The van der Waals surface area contributed by atoms with E-state index in [9.17, 15) is 18.6 Å². The molecule has 0 amide bonds. The van der Waals surface area contributed by atoms with E-state index < -0.39 is 10.0 Å².